The second-order valence-electron chi connectivity index (χ2n) is 5.08. The summed E-state index contributed by atoms with van der Waals surface area (Å²) in [5.74, 6) is -1.31. The molecule has 0 aliphatic carbocycles. The van der Waals surface area contributed by atoms with Crippen molar-refractivity contribution in [1.82, 2.24) is 4.31 Å². The molecule has 1 saturated heterocycles. The predicted molar refractivity (Wildman–Crippen MR) is 83.4 cm³/mol. The maximum atomic E-state index is 12.3. The minimum atomic E-state index is -3.64. The second kappa shape index (κ2) is 6.33. The minimum absolute atomic E-state index is 0.224. The van der Waals surface area contributed by atoms with E-state index in [-0.39, 0.29) is 13.1 Å². The van der Waals surface area contributed by atoms with E-state index in [1.807, 2.05) is 6.92 Å². The summed E-state index contributed by atoms with van der Waals surface area (Å²) in [4.78, 5) is 10.9. The van der Waals surface area contributed by atoms with Crippen molar-refractivity contribution in [3.63, 3.8) is 0 Å². The van der Waals surface area contributed by atoms with Crippen LogP contribution in [0.3, 0.4) is 0 Å². The summed E-state index contributed by atoms with van der Waals surface area (Å²) < 4.78 is 29.3. The molecule has 8 heteroatoms. The van der Waals surface area contributed by atoms with E-state index in [1.165, 1.54) is 4.31 Å². The molecule has 0 saturated carbocycles. The first-order chi connectivity index (χ1) is 9.79. The highest BCUT2D eigenvalue weighted by Gasteiger charge is 2.30. The molecule has 0 atom stereocenters. The van der Waals surface area contributed by atoms with Gasteiger partial charge in [0.05, 0.1) is 11.6 Å². The number of rotatable bonds is 4. The van der Waals surface area contributed by atoms with Crippen molar-refractivity contribution in [2.75, 3.05) is 17.8 Å². The zero-order chi connectivity index (χ0) is 15.6. The van der Waals surface area contributed by atoms with Gasteiger partial charge in [0.25, 0.3) is 0 Å². The van der Waals surface area contributed by atoms with E-state index in [4.69, 9.17) is 5.11 Å². The Labute approximate surface area is 132 Å². The molecule has 1 aliphatic heterocycles. The van der Waals surface area contributed by atoms with E-state index >= 15 is 0 Å². The van der Waals surface area contributed by atoms with E-state index in [1.54, 1.807) is 18.2 Å². The van der Waals surface area contributed by atoms with Gasteiger partial charge >= 0.3 is 16.2 Å². The van der Waals surface area contributed by atoms with Gasteiger partial charge in [-0.05, 0) is 43.5 Å². The SMILES string of the molecule is Cc1cc(NS(=O)(=O)N2CCC(C(=O)O)CC2)ccc1Br. The second-order valence-corrected chi connectivity index (χ2v) is 7.61. The quantitative estimate of drug-likeness (QED) is 0.843. The van der Waals surface area contributed by atoms with Gasteiger partial charge in [0.2, 0.25) is 0 Å². The predicted octanol–water partition coefficient (Wildman–Crippen LogP) is 2.21. The first-order valence-corrected chi connectivity index (χ1v) is 8.80. The summed E-state index contributed by atoms with van der Waals surface area (Å²) >= 11 is 3.36. The third-order valence-corrected chi connectivity index (χ3v) is 5.98. The molecule has 1 aliphatic rings. The Hall–Kier alpha value is -1.12. The number of carboxylic acid groups (broad SMARTS) is 1. The molecule has 21 heavy (non-hydrogen) atoms. The van der Waals surface area contributed by atoms with Crippen molar-refractivity contribution in [3.8, 4) is 0 Å². The number of nitrogens with one attached hydrogen (secondary N) is 1. The van der Waals surface area contributed by atoms with Gasteiger partial charge in [0, 0.05) is 17.6 Å². The lowest BCUT2D eigenvalue weighted by Gasteiger charge is -2.29. The van der Waals surface area contributed by atoms with Crippen LogP contribution in [0.25, 0.3) is 0 Å². The maximum Gasteiger partial charge on any atom is 0.306 e. The summed E-state index contributed by atoms with van der Waals surface area (Å²) in [6.07, 6.45) is 0.686. The molecule has 0 spiro atoms. The van der Waals surface area contributed by atoms with Gasteiger partial charge < -0.3 is 5.11 Å². The molecule has 1 heterocycles. The van der Waals surface area contributed by atoms with E-state index in [0.717, 1.165) is 10.0 Å². The third-order valence-electron chi connectivity index (χ3n) is 3.55. The Morgan fingerprint density at radius 1 is 1.38 bits per heavy atom. The molecular formula is C13H17BrN2O4S. The van der Waals surface area contributed by atoms with Crippen LogP contribution in [0, 0.1) is 12.8 Å². The smallest absolute Gasteiger partial charge is 0.306 e. The fourth-order valence-corrected chi connectivity index (χ4v) is 3.76. The minimum Gasteiger partial charge on any atom is -0.481 e. The topological polar surface area (TPSA) is 86.7 Å². The number of nitrogens with zero attached hydrogens (tertiary/aromatic N) is 1. The van der Waals surface area contributed by atoms with Gasteiger partial charge in [0.15, 0.2) is 0 Å². The molecule has 0 aromatic heterocycles. The molecule has 2 rings (SSSR count). The lowest BCUT2D eigenvalue weighted by molar-refractivity contribution is -0.142. The monoisotopic (exact) mass is 376 g/mol. The zero-order valence-corrected chi connectivity index (χ0v) is 13.9. The molecular weight excluding hydrogens is 360 g/mol. The van der Waals surface area contributed by atoms with Crippen LogP contribution in [0.5, 0.6) is 0 Å². The number of anilines is 1. The van der Waals surface area contributed by atoms with Crippen molar-refractivity contribution in [3.05, 3.63) is 28.2 Å². The van der Waals surface area contributed by atoms with Crippen molar-refractivity contribution >= 4 is 37.8 Å². The summed E-state index contributed by atoms with van der Waals surface area (Å²) in [6, 6.07) is 5.20. The van der Waals surface area contributed by atoms with E-state index < -0.39 is 22.1 Å². The average Bonchev–Trinajstić information content (AvgIpc) is 2.43. The maximum absolute atomic E-state index is 12.3. The van der Waals surface area contributed by atoms with Crippen molar-refractivity contribution in [1.29, 1.82) is 0 Å². The van der Waals surface area contributed by atoms with E-state index in [0.29, 0.717) is 18.5 Å². The van der Waals surface area contributed by atoms with Crippen LogP contribution in [0.4, 0.5) is 5.69 Å². The highest BCUT2D eigenvalue weighted by molar-refractivity contribution is 9.10. The summed E-state index contributed by atoms with van der Waals surface area (Å²) in [5.41, 5.74) is 1.43. The molecule has 1 aromatic carbocycles. The number of halogens is 1. The number of aliphatic carboxylic acids is 1. The summed E-state index contributed by atoms with van der Waals surface area (Å²) in [6.45, 7) is 2.32. The molecule has 1 fully saturated rings. The number of benzene rings is 1. The molecule has 0 amide bonds. The Bertz CT molecular complexity index is 640. The largest absolute Gasteiger partial charge is 0.481 e. The molecule has 0 radical (unpaired) electrons. The number of carbonyl (C=O) groups is 1. The van der Waals surface area contributed by atoms with E-state index in [2.05, 4.69) is 20.7 Å². The number of hydrogen-bond acceptors (Lipinski definition) is 3. The van der Waals surface area contributed by atoms with Crippen molar-refractivity contribution in [2.45, 2.75) is 19.8 Å². The van der Waals surface area contributed by atoms with E-state index in [9.17, 15) is 13.2 Å². The van der Waals surface area contributed by atoms with Gasteiger partial charge in [-0.2, -0.15) is 12.7 Å². The molecule has 0 unspecified atom stereocenters. The summed E-state index contributed by atoms with van der Waals surface area (Å²) in [7, 11) is -3.64. The highest BCUT2D eigenvalue weighted by Crippen LogP contribution is 2.23. The Morgan fingerprint density at radius 3 is 2.52 bits per heavy atom. The van der Waals surface area contributed by atoms with Crippen LogP contribution < -0.4 is 4.72 Å². The number of carboxylic acids is 1. The first kappa shape index (κ1) is 16.3. The first-order valence-electron chi connectivity index (χ1n) is 6.56. The van der Waals surface area contributed by atoms with Gasteiger partial charge in [-0.3, -0.25) is 9.52 Å². The van der Waals surface area contributed by atoms with Crippen LogP contribution in [0.15, 0.2) is 22.7 Å². The molecule has 2 N–H and O–H groups in total. The highest BCUT2D eigenvalue weighted by atomic mass is 79.9. The molecule has 116 valence electrons. The Kier molecular flexibility index (Phi) is 4.90. The van der Waals surface area contributed by atoms with Crippen LogP contribution in [-0.4, -0.2) is 36.9 Å². The number of aryl methyl sites for hydroxylation is 1. The fourth-order valence-electron chi connectivity index (χ4n) is 2.26. The van der Waals surface area contributed by atoms with Crippen molar-refractivity contribution < 1.29 is 18.3 Å². The lowest BCUT2D eigenvalue weighted by atomic mass is 9.99. The van der Waals surface area contributed by atoms with Gasteiger partial charge in [-0.1, -0.05) is 15.9 Å². The van der Waals surface area contributed by atoms with Gasteiger partial charge in [-0.25, -0.2) is 0 Å². The summed E-state index contributed by atoms with van der Waals surface area (Å²) in [5, 5.41) is 8.93. The lowest BCUT2D eigenvalue weighted by Crippen LogP contribution is -2.42. The van der Waals surface area contributed by atoms with Crippen LogP contribution in [-0.2, 0) is 15.0 Å². The third kappa shape index (κ3) is 3.96. The normalized spacial score (nSPS) is 17.6. The Balaban J connectivity index is 2.05. The molecule has 1 aromatic rings. The molecule has 0 bridgehead atoms. The fraction of sp³-hybridized carbons (Fsp3) is 0.462. The number of hydrogen-bond donors (Lipinski definition) is 2. The Morgan fingerprint density at radius 2 is 2.00 bits per heavy atom. The number of piperidine rings is 1. The average molecular weight is 377 g/mol. The van der Waals surface area contributed by atoms with Gasteiger partial charge in [0.1, 0.15) is 0 Å². The zero-order valence-electron chi connectivity index (χ0n) is 11.5. The van der Waals surface area contributed by atoms with Crippen LogP contribution >= 0.6 is 15.9 Å². The standard InChI is InChI=1S/C13H17BrN2O4S/c1-9-8-11(2-3-12(9)14)15-21(19,20)16-6-4-10(5-7-16)13(17)18/h2-3,8,10,15H,4-7H2,1H3,(H,17,18). The van der Waals surface area contributed by atoms with Crippen molar-refractivity contribution in [2.24, 2.45) is 5.92 Å². The van der Waals surface area contributed by atoms with Gasteiger partial charge in [-0.15, -0.1) is 0 Å². The van der Waals surface area contributed by atoms with Crippen LogP contribution in [0.1, 0.15) is 18.4 Å². The molecule has 6 nitrogen and oxygen atoms in total. The van der Waals surface area contributed by atoms with Crippen LogP contribution in [0.2, 0.25) is 0 Å².